The molecule has 0 bridgehead atoms. The maximum atomic E-state index is 12.5. The van der Waals surface area contributed by atoms with Crippen LogP contribution in [0.25, 0.3) is 11.0 Å². The van der Waals surface area contributed by atoms with Crippen molar-refractivity contribution in [3.8, 4) is 0 Å². The van der Waals surface area contributed by atoms with Crippen LogP contribution in [0.1, 0.15) is 38.8 Å². The molecular weight excluding hydrogens is 416 g/mol. The molecule has 0 saturated carbocycles. The molecular formula is C19H21ClN4O2S2. The lowest BCUT2D eigenvalue weighted by atomic mass is 10.0. The van der Waals surface area contributed by atoms with Gasteiger partial charge in [-0.1, -0.05) is 17.7 Å². The monoisotopic (exact) mass is 436 g/mol. The van der Waals surface area contributed by atoms with Crippen molar-refractivity contribution in [3.05, 3.63) is 61.7 Å². The number of halogens is 1. The number of hydrogen-bond acceptors (Lipinski definition) is 3. The number of nitrogens with one attached hydrogen (secondary N) is 2. The molecule has 0 fully saturated rings. The van der Waals surface area contributed by atoms with Gasteiger partial charge in [0.2, 0.25) is 0 Å². The highest BCUT2D eigenvalue weighted by molar-refractivity contribution is 7.85. The van der Waals surface area contributed by atoms with Crippen molar-refractivity contribution in [2.24, 2.45) is 4.40 Å². The molecule has 3 aromatic rings. The number of hydrogen-bond donors (Lipinski definition) is 2. The van der Waals surface area contributed by atoms with Crippen molar-refractivity contribution < 1.29 is 4.21 Å². The van der Waals surface area contributed by atoms with E-state index in [2.05, 4.69) is 14.4 Å². The maximum absolute atomic E-state index is 12.5. The maximum Gasteiger partial charge on any atom is 0.276 e. The summed E-state index contributed by atoms with van der Waals surface area (Å²) >= 11 is 11.6. The standard InChI is InChI=1S/C19H21ClN4O2S2/c1-11(23-28(26)19(2,3)4)14-9-13(20)6-5-12(14)10-24-15-7-8-21-16(15)17(25)22-18(24)27/h5-9,21H,10H2,1-4H3,(H,22,25,27)/b23-11+/t28-/m0/s1. The SMILES string of the molecule is C/C(=N\[S@@](=O)C(C)(C)C)c1cc(Cl)ccc1Cn1c(=S)[nH]c(=O)c2[nH]ccc21. The number of H-pyrrole nitrogens is 2. The smallest absolute Gasteiger partial charge is 0.276 e. The third kappa shape index (κ3) is 4.19. The lowest BCUT2D eigenvalue weighted by molar-refractivity contribution is 0.650. The third-order valence-electron chi connectivity index (χ3n) is 4.24. The minimum Gasteiger partial charge on any atom is -0.355 e. The number of benzene rings is 1. The van der Waals surface area contributed by atoms with Crippen LogP contribution < -0.4 is 5.56 Å². The summed E-state index contributed by atoms with van der Waals surface area (Å²) in [7, 11) is -1.39. The first kappa shape index (κ1) is 20.7. The van der Waals surface area contributed by atoms with Gasteiger partial charge in [0.05, 0.1) is 22.5 Å². The van der Waals surface area contributed by atoms with Crippen molar-refractivity contribution in [3.63, 3.8) is 0 Å². The van der Waals surface area contributed by atoms with Crippen LogP contribution in [0.4, 0.5) is 0 Å². The molecule has 0 amide bonds. The Morgan fingerprint density at radius 2 is 2.04 bits per heavy atom. The van der Waals surface area contributed by atoms with E-state index in [0.717, 1.165) is 11.1 Å². The minimum absolute atomic E-state index is 0.254. The van der Waals surface area contributed by atoms with Gasteiger partial charge >= 0.3 is 0 Å². The molecule has 0 aliphatic carbocycles. The van der Waals surface area contributed by atoms with Crippen LogP contribution in [-0.2, 0) is 17.5 Å². The predicted octanol–water partition coefficient (Wildman–Crippen LogP) is 4.36. The van der Waals surface area contributed by atoms with Crippen LogP contribution in [0.2, 0.25) is 5.02 Å². The molecule has 6 nitrogen and oxygen atoms in total. The van der Waals surface area contributed by atoms with Gasteiger partial charge in [0, 0.05) is 16.8 Å². The zero-order valence-electron chi connectivity index (χ0n) is 16.0. The highest BCUT2D eigenvalue weighted by atomic mass is 35.5. The van der Waals surface area contributed by atoms with E-state index in [1.807, 2.05) is 44.4 Å². The summed E-state index contributed by atoms with van der Waals surface area (Å²) in [5.41, 5.74) is 3.25. The lowest BCUT2D eigenvalue weighted by Gasteiger charge is -2.16. The summed E-state index contributed by atoms with van der Waals surface area (Å²) in [5, 5.41) is 0.562. The highest BCUT2D eigenvalue weighted by Crippen LogP contribution is 2.21. The van der Waals surface area contributed by atoms with Crippen LogP contribution >= 0.6 is 23.8 Å². The van der Waals surface area contributed by atoms with Gasteiger partial charge < -0.3 is 9.55 Å². The average Bonchev–Trinajstić information content (AvgIpc) is 3.08. The van der Waals surface area contributed by atoms with Crippen molar-refractivity contribution >= 4 is 51.5 Å². The summed E-state index contributed by atoms with van der Waals surface area (Å²) in [5.74, 6) is 0. The number of rotatable bonds is 4. The minimum atomic E-state index is -1.39. The normalized spacial score (nSPS) is 13.8. The summed E-state index contributed by atoms with van der Waals surface area (Å²) in [6, 6.07) is 7.30. The Hall–Kier alpha value is -2.03. The first-order valence-electron chi connectivity index (χ1n) is 8.64. The summed E-state index contributed by atoms with van der Waals surface area (Å²) in [6.45, 7) is 7.85. The topological polar surface area (TPSA) is 83.0 Å². The Morgan fingerprint density at radius 3 is 2.71 bits per heavy atom. The van der Waals surface area contributed by atoms with Gasteiger partial charge in [0.1, 0.15) is 16.5 Å². The van der Waals surface area contributed by atoms with E-state index in [-0.39, 0.29) is 5.56 Å². The number of aromatic nitrogens is 3. The zero-order valence-corrected chi connectivity index (χ0v) is 18.4. The van der Waals surface area contributed by atoms with Crippen LogP contribution in [0, 0.1) is 4.77 Å². The highest BCUT2D eigenvalue weighted by Gasteiger charge is 2.20. The fourth-order valence-corrected chi connectivity index (χ4v) is 3.81. The van der Waals surface area contributed by atoms with E-state index in [4.69, 9.17) is 23.8 Å². The Kier molecular flexibility index (Phi) is 5.74. The molecule has 2 aromatic heterocycles. The van der Waals surface area contributed by atoms with Gasteiger partial charge in [-0.3, -0.25) is 9.78 Å². The Morgan fingerprint density at radius 1 is 1.32 bits per heavy atom. The Bertz CT molecular complexity index is 1220. The van der Waals surface area contributed by atoms with E-state index in [0.29, 0.717) is 33.1 Å². The van der Waals surface area contributed by atoms with Gasteiger partial charge in [-0.2, -0.15) is 4.40 Å². The van der Waals surface area contributed by atoms with E-state index >= 15 is 0 Å². The van der Waals surface area contributed by atoms with Crippen molar-refractivity contribution in [1.29, 1.82) is 0 Å². The van der Waals surface area contributed by atoms with Crippen LogP contribution in [-0.4, -0.2) is 29.2 Å². The zero-order chi connectivity index (χ0) is 20.6. The fourth-order valence-electron chi connectivity index (χ4n) is 2.77. The van der Waals surface area contributed by atoms with E-state index in [1.165, 1.54) is 0 Å². The van der Waals surface area contributed by atoms with E-state index < -0.39 is 15.7 Å². The van der Waals surface area contributed by atoms with Crippen molar-refractivity contribution in [2.45, 2.75) is 39.0 Å². The molecule has 3 rings (SSSR count). The first-order valence-corrected chi connectivity index (χ1v) is 10.5. The number of aromatic amines is 2. The Labute approximate surface area is 175 Å². The van der Waals surface area contributed by atoms with Gasteiger partial charge in [-0.05, 0) is 63.7 Å². The average molecular weight is 437 g/mol. The summed E-state index contributed by atoms with van der Waals surface area (Å²) < 4.78 is 18.5. The van der Waals surface area contributed by atoms with Crippen molar-refractivity contribution in [2.75, 3.05) is 0 Å². The molecule has 0 saturated heterocycles. The van der Waals surface area contributed by atoms with E-state index in [9.17, 15) is 9.00 Å². The molecule has 1 atom stereocenters. The summed E-state index contributed by atoms with van der Waals surface area (Å²) in [4.78, 5) is 17.7. The second-order valence-corrected chi connectivity index (χ2v) is 10.2. The predicted molar refractivity (Wildman–Crippen MR) is 118 cm³/mol. The van der Waals surface area contributed by atoms with Crippen molar-refractivity contribution in [1.82, 2.24) is 14.5 Å². The molecule has 0 spiro atoms. The van der Waals surface area contributed by atoms with Crippen LogP contribution in [0.5, 0.6) is 0 Å². The second kappa shape index (κ2) is 7.77. The van der Waals surface area contributed by atoms with Gasteiger partial charge in [0.25, 0.3) is 5.56 Å². The molecule has 1 aromatic carbocycles. The largest absolute Gasteiger partial charge is 0.355 e. The lowest BCUT2D eigenvalue weighted by Crippen LogP contribution is -2.21. The molecule has 2 N–H and O–H groups in total. The van der Waals surface area contributed by atoms with Gasteiger partial charge in [0.15, 0.2) is 4.77 Å². The first-order chi connectivity index (χ1) is 13.1. The molecule has 148 valence electrons. The second-order valence-electron chi connectivity index (χ2n) is 7.42. The summed E-state index contributed by atoms with van der Waals surface area (Å²) in [6.07, 6.45) is 1.70. The quantitative estimate of drug-likeness (QED) is 0.470. The Balaban J connectivity index is 2.12. The van der Waals surface area contributed by atoms with Gasteiger partial charge in [-0.15, -0.1) is 0 Å². The fraction of sp³-hybridized carbons (Fsp3) is 0.316. The molecule has 9 heteroatoms. The molecule has 28 heavy (non-hydrogen) atoms. The molecule has 0 unspecified atom stereocenters. The third-order valence-corrected chi connectivity index (χ3v) is 6.29. The molecule has 0 radical (unpaired) electrons. The molecule has 2 heterocycles. The van der Waals surface area contributed by atoms with Crippen LogP contribution in [0.3, 0.4) is 0 Å². The number of nitrogens with zero attached hydrogens (tertiary/aromatic N) is 2. The number of fused-ring (bicyclic) bond motifs is 1. The molecule has 0 aliphatic heterocycles. The molecule has 0 aliphatic rings. The van der Waals surface area contributed by atoms with Gasteiger partial charge in [-0.25, -0.2) is 4.21 Å². The van der Waals surface area contributed by atoms with Crippen LogP contribution in [0.15, 0.2) is 39.7 Å². The van der Waals surface area contributed by atoms with E-state index in [1.54, 1.807) is 18.3 Å².